The molecule has 6 nitrogen and oxygen atoms in total. The predicted molar refractivity (Wildman–Crippen MR) is 91.8 cm³/mol. The Labute approximate surface area is 147 Å². The third-order valence-corrected chi connectivity index (χ3v) is 5.83. The van der Waals surface area contributed by atoms with Crippen LogP contribution in [-0.4, -0.2) is 44.2 Å². The Morgan fingerprint density at radius 2 is 2.08 bits per heavy atom. The Morgan fingerprint density at radius 1 is 1.29 bits per heavy atom. The number of rotatable bonds is 2. The molecule has 2 aliphatic rings. The molecule has 126 valence electrons. The number of hydrogen-bond acceptors (Lipinski definition) is 3. The largest absolute Gasteiger partial charge is 0.480 e. The highest BCUT2D eigenvalue weighted by Gasteiger charge is 2.48. The van der Waals surface area contributed by atoms with E-state index >= 15 is 0 Å². The van der Waals surface area contributed by atoms with Crippen LogP contribution in [0, 0.1) is 5.92 Å². The van der Waals surface area contributed by atoms with E-state index in [0.717, 1.165) is 41.1 Å². The summed E-state index contributed by atoms with van der Waals surface area (Å²) in [6.07, 6.45) is 4.60. The highest BCUT2D eigenvalue weighted by atomic mass is 79.9. The van der Waals surface area contributed by atoms with Gasteiger partial charge in [0.2, 0.25) is 0 Å². The van der Waals surface area contributed by atoms with Gasteiger partial charge in [-0.25, -0.2) is 4.79 Å². The Kier molecular flexibility index (Phi) is 3.83. The molecule has 2 aromatic rings. The van der Waals surface area contributed by atoms with E-state index in [1.165, 1.54) is 0 Å². The van der Waals surface area contributed by atoms with Crippen LogP contribution in [0.4, 0.5) is 0 Å². The Balaban J connectivity index is 1.75. The highest BCUT2D eigenvalue weighted by Crippen LogP contribution is 2.40. The van der Waals surface area contributed by atoms with E-state index in [9.17, 15) is 14.7 Å². The number of nitrogens with zero attached hydrogens (tertiary/aromatic N) is 2. The van der Waals surface area contributed by atoms with Gasteiger partial charge in [0.25, 0.3) is 5.91 Å². The van der Waals surface area contributed by atoms with Crippen molar-refractivity contribution in [2.75, 3.05) is 0 Å². The van der Waals surface area contributed by atoms with Crippen molar-refractivity contribution < 1.29 is 14.7 Å². The summed E-state index contributed by atoms with van der Waals surface area (Å²) in [6.45, 7) is 0. The van der Waals surface area contributed by atoms with E-state index in [0.29, 0.717) is 18.0 Å². The number of likely N-dealkylation sites (tertiary alicyclic amines) is 1. The smallest absolute Gasteiger partial charge is 0.326 e. The standard InChI is InChI=1S/C17H18BrN3O3/c18-10-5-6-12-11(8-10)15(20-19-12)16(22)21-13-4-2-1-3-9(13)7-14(21)17(23)24/h5-6,8-9,13-14H,1-4,7H2,(H,19,20)(H,23,24). The molecule has 1 saturated heterocycles. The van der Waals surface area contributed by atoms with Crippen molar-refractivity contribution in [3.05, 3.63) is 28.4 Å². The zero-order chi connectivity index (χ0) is 16.8. The van der Waals surface area contributed by atoms with Gasteiger partial charge in [-0.15, -0.1) is 0 Å². The maximum atomic E-state index is 13.2. The van der Waals surface area contributed by atoms with Gasteiger partial charge in [-0.05, 0) is 43.4 Å². The van der Waals surface area contributed by atoms with Crippen LogP contribution in [0.15, 0.2) is 22.7 Å². The third-order valence-electron chi connectivity index (χ3n) is 5.34. The number of aromatic nitrogens is 2. The summed E-state index contributed by atoms with van der Waals surface area (Å²) in [4.78, 5) is 26.5. The number of carboxylic acids is 1. The van der Waals surface area contributed by atoms with E-state index in [-0.39, 0.29) is 11.9 Å². The fourth-order valence-electron chi connectivity index (χ4n) is 4.24. The minimum absolute atomic E-state index is 0.0197. The first kappa shape index (κ1) is 15.6. The lowest BCUT2D eigenvalue weighted by Crippen LogP contribution is -2.46. The molecule has 4 rings (SSSR count). The molecule has 1 aliphatic carbocycles. The second-order valence-electron chi connectivity index (χ2n) is 6.68. The number of hydrogen-bond donors (Lipinski definition) is 2. The summed E-state index contributed by atoms with van der Waals surface area (Å²) >= 11 is 3.41. The van der Waals surface area contributed by atoms with Gasteiger partial charge in [0.1, 0.15) is 6.04 Å². The van der Waals surface area contributed by atoms with Crippen molar-refractivity contribution in [2.45, 2.75) is 44.2 Å². The lowest BCUT2D eigenvalue weighted by atomic mass is 9.84. The molecule has 24 heavy (non-hydrogen) atoms. The average molecular weight is 392 g/mol. The number of halogens is 1. The van der Waals surface area contributed by atoms with Crippen LogP contribution in [0.3, 0.4) is 0 Å². The molecule has 7 heteroatoms. The second kappa shape index (κ2) is 5.88. The fourth-order valence-corrected chi connectivity index (χ4v) is 4.61. The molecular formula is C17H18BrN3O3. The average Bonchev–Trinajstić information content (AvgIpc) is 3.15. The monoisotopic (exact) mass is 391 g/mol. The first-order valence-corrected chi connectivity index (χ1v) is 9.04. The second-order valence-corrected chi connectivity index (χ2v) is 7.59. The lowest BCUT2D eigenvalue weighted by molar-refractivity contribution is -0.141. The van der Waals surface area contributed by atoms with Crippen LogP contribution >= 0.6 is 15.9 Å². The molecule has 2 fully saturated rings. The first-order chi connectivity index (χ1) is 11.6. The number of amides is 1. The zero-order valence-electron chi connectivity index (χ0n) is 13.0. The summed E-state index contributed by atoms with van der Waals surface area (Å²) in [5.41, 5.74) is 1.08. The maximum Gasteiger partial charge on any atom is 0.326 e. The molecule has 0 radical (unpaired) electrons. The molecule has 1 aliphatic heterocycles. The summed E-state index contributed by atoms with van der Waals surface area (Å²) in [5.74, 6) is -0.902. The third kappa shape index (κ3) is 2.42. The molecule has 3 atom stereocenters. The van der Waals surface area contributed by atoms with E-state index in [1.54, 1.807) is 4.90 Å². The van der Waals surface area contributed by atoms with Crippen molar-refractivity contribution in [3.63, 3.8) is 0 Å². The van der Waals surface area contributed by atoms with Gasteiger partial charge in [0, 0.05) is 15.9 Å². The van der Waals surface area contributed by atoms with E-state index in [2.05, 4.69) is 26.1 Å². The van der Waals surface area contributed by atoms with E-state index in [4.69, 9.17) is 0 Å². The molecule has 1 saturated carbocycles. The predicted octanol–water partition coefficient (Wildman–Crippen LogP) is 3.18. The van der Waals surface area contributed by atoms with Crippen molar-refractivity contribution in [3.8, 4) is 0 Å². The van der Waals surface area contributed by atoms with Crippen LogP contribution in [-0.2, 0) is 4.79 Å². The SMILES string of the molecule is O=C(O)C1CC2CCCCC2N1C(=O)c1n[nH]c2ccc(Br)cc12. The molecule has 0 bridgehead atoms. The number of carbonyl (C=O) groups excluding carboxylic acids is 1. The lowest BCUT2D eigenvalue weighted by Gasteiger charge is -2.32. The number of carbonyl (C=O) groups is 2. The molecule has 0 spiro atoms. The number of nitrogens with one attached hydrogen (secondary N) is 1. The quantitative estimate of drug-likeness (QED) is 0.822. The van der Waals surface area contributed by atoms with Gasteiger partial charge in [0.15, 0.2) is 5.69 Å². The molecule has 1 aromatic heterocycles. The maximum absolute atomic E-state index is 13.2. The van der Waals surface area contributed by atoms with E-state index in [1.807, 2.05) is 18.2 Å². The number of carboxylic acid groups (broad SMARTS) is 1. The van der Waals surface area contributed by atoms with Crippen molar-refractivity contribution in [1.82, 2.24) is 15.1 Å². The van der Waals surface area contributed by atoms with Crippen LogP contribution in [0.25, 0.3) is 10.9 Å². The topological polar surface area (TPSA) is 86.3 Å². The first-order valence-electron chi connectivity index (χ1n) is 8.25. The normalized spacial score (nSPS) is 26.5. The summed E-state index contributed by atoms with van der Waals surface area (Å²) in [5, 5.41) is 17.4. The summed E-state index contributed by atoms with van der Waals surface area (Å²) < 4.78 is 0.859. The Morgan fingerprint density at radius 3 is 2.88 bits per heavy atom. The van der Waals surface area contributed by atoms with Crippen molar-refractivity contribution >= 4 is 38.7 Å². The van der Waals surface area contributed by atoms with Gasteiger partial charge in [-0.1, -0.05) is 28.8 Å². The van der Waals surface area contributed by atoms with Crippen LogP contribution in [0.2, 0.25) is 0 Å². The van der Waals surface area contributed by atoms with Crippen LogP contribution in [0.1, 0.15) is 42.6 Å². The Bertz CT molecular complexity index is 819. The summed E-state index contributed by atoms with van der Waals surface area (Å²) in [7, 11) is 0. The molecule has 3 unspecified atom stereocenters. The number of aromatic amines is 1. The van der Waals surface area contributed by atoms with Gasteiger partial charge >= 0.3 is 5.97 Å². The number of benzene rings is 1. The van der Waals surface area contributed by atoms with Crippen LogP contribution < -0.4 is 0 Å². The molecule has 1 aromatic carbocycles. The van der Waals surface area contributed by atoms with E-state index < -0.39 is 12.0 Å². The van der Waals surface area contributed by atoms with Crippen molar-refractivity contribution in [2.24, 2.45) is 5.92 Å². The van der Waals surface area contributed by atoms with Crippen molar-refractivity contribution in [1.29, 1.82) is 0 Å². The molecular weight excluding hydrogens is 374 g/mol. The van der Waals surface area contributed by atoms with Gasteiger partial charge in [-0.2, -0.15) is 5.10 Å². The number of fused-ring (bicyclic) bond motifs is 2. The Hall–Kier alpha value is -1.89. The zero-order valence-corrected chi connectivity index (χ0v) is 14.6. The molecule has 2 heterocycles. The highest BCUT2D eigenvalue weighted by molar-refractivity contribution is 9.10. The van der Waals surface area contributed by atoms with Gasteiger partial charge < -0.3 is 10.0 Å². The molecule has 2 N–H and O–H groups in total. The van der Waals surface area contributed by atoms with Gasteiger partial charge in [0.05, 0.1) is 5.52 Å². The summed E-state index contributed by atoms with van der Waals surface area (Å²) in [6, 6.07) is 4.85. The number of aliphatic carboxylic acids is 1. The fraction of sp³-hybridized carbons (Fsp3) is 0.471. The minimum Gasteiger partial charge on any atom is -0.480 e. The minimum atomic E-state index is -0.918. The van der Waals surface area contributed by atoms with Crippen LogP contribution in [0.5, 0.6) is 0 Å². The van der Waals surface area contributed by atoms with Gasteiger partial charge in [-0.3, -0.25) is 9.89 Å². The number of H-pyrrole nitrogens is 1. The molecule has 1 amide bonds.